The molecule has 1 aromatic rings. The van der Waals surface area contributed by atoms with Gasteiger partial charge < -0.3 is 9.47 Å². The van der Waals surface area contributed by atoms with Gasteiger partial charge in [-0.2, -0.15) is 0 Å². The summed E-state index contributed by atoms with van der Waals surface area (Å²) in [6.07, 6.45) is 0.772. The number of benzene rings is 1. The Balaban J connectivity index is 2.06. The van der Waals surface area contributed by atoms with Gasteiger partial charge in [0.15, 0.2) is 0 Å². The van der Waals surface area contributed by atoms with E-state index in [1.165, 1.54) is 0 Å². The number of rotatable bonds is 5. The van der Waals surface area contributed by atoms with Gasteiger partial charge in [0.25, 0.3) is 0 Å². The number of ether oxygens (including phenoxy) is 2. The molecule has 1 fully saturated rings. The maximum atomic E-state index is 11.7. The number of para-hydroxylation sites is 1. The number of carbonyl (C=O) groups is 1. The van der Waals surface area contributed by atoms with Gasteiger partial charge in [0.1, 0.15) is 17.9 Å². The number of esters is 1. The van der Waals surface area contributed by atoms with Crippen molar-refractivity contribution in [3.63, 3.8) is 0 Å². The third-order valence-corrected chi connectivity index (χ3v) is 3.37. The van der Waals surface area contributed by atoms with Crippen LogP contribution in [0.1, 0.15) is 25.8 Å². The van der Waals surface area contributed by atoms with Crippen molar-refractivity contribution in [2.75, 3.05) is 13.7 Å². The van der Waals surface area contributed by atoms with Gasteiger partial charge in [-0.15, -0.1) is 0 Å². The molecule has 19 heavy (non-hydrogen) atoms. The molecule has 0 radical (unpaired) electrons. The standard InChI is InChI=1S/C15H21NO3/c1-4-18-14-8-6-5-7-12(14)10-16(3)13-9-11(2)19-15(13)17/h5-8,11,13H,4,9-10H2,1-3H3/t11-,13-/m1/s1. The van der Waals surface area contributed by atoms with Crippen molar-refractivity contribution >= 4 is 5.97 Å². The Morgan fingerprint density at radius 2 is 2.16 bits per heavy atom. The Kier molecular flexibility index (Phi) is 4.43. The molecule has 0 aliphatic carbocycles. The van der Waals surface area contributed by atoms with Gasteiger partial charge in [0.05, 0.1) is 6.61 Å². The van der Waals surface area contributed by atoms with Crippen molar-refractivity contribution in [3.05, 3.63) is 29.8 Å². The molecule has 1 aliphatic rings. The highest BCUT2D eigenvalue weighted by Crippen LogP contribution is 2.24. The molecule has 1 heterocycles. The molecule has 1 aliphatic heterocycles. The molecular weight excluding hydrogens is 242 g/mol. The molecule has 4 nitrogen and oxygen atoms in total. The van der Waals surface area contributed by atoms with E-state index in [9.17, 15) is 4.79 Å². The van der Waals surface area contributed by atoms with E-state index in [0.717, 1.165) is 17.7 Å². The molecule has 0 unspecified atom stereocenters. The largest absolute Gasteiger partial charge is 0.494 e. The van der Waals surface area contributed by atoms with Crippen LogP contribution in [0.25, 0.3) is 0 Å². The third-order valence-electron chi connectivity index (χ3n) is 3.37. The lowest BCUT2D eigenvalue weighted by molar-refractivity contribution is -0.144. The van der Waals surface area contributed by atoms with E-state index >= 15 is 0 Å². The quantitative estimate of drug-likeness (QED) is 0.764. The molecule has 2 rings (SSSR count). The summed E-state index contributed by atoms with van der Waals surface area (Å²) in [6.45, 7) is 5.22. The summed E-state index contributed by atoms with van der Waals surface area (Å²) in [4.78, 5) is 13.8. The average Bonchev–Trinajstić information content (AvgIpc) is 2.71. The van der Waals surface area contributed by atoms with Crippen LogP contribution < -0.4 is 4.74 Å². The summed E-state index contributed by atoms with van der Waals surface area (Å²) in [5.74, 6) is 0.764. The maximum Gasteiger partial charge on any atom is 0.323 e. The molecule has 0 spiro atoms. The van der Waals surface area contributed by atoms with E-state index in [4.69, 9.17) is 9.47 Å². The van der Waals surface area contributed by atoms with Crippen LogP contribution in [0.4, 0.5) is 0 Å². The second-order valence-electron chi connectivity index (χ2n) is 4.95. The highest BCUT2D eigenvalue weighted by atomic mass is 16.6. The van der Waals surface area contributed by atoms with Gasteiger partial charge >= 0.3 is 5.97 Å². The molecule has 4 heteroatoms. The first kappa shape index (κ1) is 13.9. The van der Waals surface area contributed by atoms with Crippen LogP contribution in [0.2, 0.25) is 0 Å². The van der Waals surface area contributed by atoms with Crippen molar-refractivity contribution in [2.45, 2.75) is 39.0 Å². The monoisotopic (exact) mass is 263 g/mol. The second kappa shape index (κ2) is 6.06. The Morgan fingerprint density at radius 3 is 2.79 bits per heavy atom. The molecule has 0 N–H and O–H groups in total. The Hall–Kier alpha value is -1.55. The lowest BCUT2D eigenvalue weighted by Gasteiger charge is -2.22. The van der Waals surface area contributed by atoms with Gasteiger partial charge in [0, 0.05) is 18.5 Å². The van der Waals surface area contributed by atoms with Crippen LogP contribution in [0.3, 0.4) is 0 Å². The molecule has 0 amide bonds. The van der Waals surface area contributed by atoms with Crippen molar-refractivity contribution in [1.29, 1.82) is 0 Å². The Bertz CT molecular complexity index is 447. The van der Waals surface area contributed by atoms with E-state index in [-0.39, 0.29) is 18.1 Å². The summed E-state index contributed by atoms with van der Waals surface area (Å²) in [6, 6.07) is 7.79. The predicted molar refractivity (Wildman–Crippen MR) is 73.0 cm³/mol. The van der Waals surface area contributed by atoms with Crippen molar-refractivity contribution in [2.24, 2.45) is 0 Å². The number of likely N-dealkylation sites (N-methyl/N-ethyl adjacent to an activating group) is 1. The number of carbonyl (C=O) groups excluding carboxylic acids is 1. The topological polar surface area (TPSA) is 38.8 Å². The van der Waals surface area contributed by atoms with Crippen LogP contribution in [-0.2, 0) is 16.1 Å². The first-order chi connectivity index (χ1) is 9.11. The fourth-order valence-corrected chi connectivity index (χ4v) is 2.41. The first-order valence-electron chi connectivity index (χ1n) is 6.73. The van der Waals surface area contributed by atoms with Crippen molar-refractivity contribution < 1.29 is 14.3 Å². The highest BCUT2D eigenvalue weighted by molar-refractivity contribution is 5.77. The van der Waals surface area contributed by atoms with E-state index in [1.54, 1.807) is 0 Å². The van der Waals surface area contributed by atoms with Crippen molar-refractivity contribution in [3.8, 4) is 5.75 Å². The summed E-state index contributed by atoms with van der Waals surface area (Å²) >= 11 is 0. The van der Waals surface area contributed by atoms with Gasteiger partial charge in [-0.25, -0.2) is 0 Å². The van der Waals surface area contributed by atoms with E-state index in [0.29, 0.717) is 13.2 Å². The number of nitrogens with zero attached hydrogens (tertiary/aromatic N) is 1. The Labute approximate surface area is 114 Å². The van der Waals surface area contributed by atoms with Gasteiger partial charge in [0.2, 0.25) is 0 Å². The van der Waals surface area contributed by atoms with Crippen LogP contribution in [0.5, 0.6) is 5.75 Å². The molecule has 2 atom stereocenters. The average molecular weight is 263 g/mol. The number of hydrogen-bond donors (Lipinski definition) is 0. The summed E-state index contributed by atoms with van der Waals surface area (Å²) < 4.78 is 10.8. The highest BCUT2D eigenvalue weighted by Gasteiger charge is 2.34. The summed E-state index contributed by atoms with van der Waals surface area (Å²) in [7, 11) is 1.95. The fraction of sp³-hybridized carbons (Fsp3) is 0.533. The smallest absolute Gasteiger partial charge is 0.323 e. The molecule has 1 saturated heterocycles. The molecule has 0 aromatic heterocycles. The third kappa shape index (κ3) is 3.26. The van der Waals surface area contributed by atoms with Gasteiger partial charge in [-0.1, -0.05) is 18.2 Å². The van der Waals surface area contributed by atoms with Crippen LogP contribution in [-0.4, -0.2) is 36.7 Å². The minimum absolute atomic E-state index is 0.0158. The zero-order chi connectivity index (χ0) is 13.8. The van der Waals surface area contributed by atoms with Gasteiger partial charge in [-0.3, -0.25) is 9.69 Å². The fourth-order valence-electron chi connectivity index (χ4n) is 2.41. The van der Waals surface area contributed by atoms with E-state index in [2.05, 4.69) is 0 Å². The molecule has 0 bridgehead atoms. The van der Waals surface area contributed by atoms with Crippen LogP contribution in [0.15, 0.2) is 24.3 Å². The van der Waals surface area contributed by atoms with Crippen LogP contribution >= 0.6 is 0 Å². The van der Waals surface area contributed by atoms with E-state index < -0.39 is 0 Å². The zero-order valence-corrected chi connectivity index (χ0v) is 11.8. The summed E-state index contributed by atoms with van der Waals surface area (Å²) in [5, 5.41) is 0. The molecule has 0 saturated carbocycles. The SMILES string of the molecule is CCOc1ccccc1CN(C)[C@@H]1C[C@@H](C)OC1=O. The van der Waals surface area contributed by atoms with Crippen LogP contribution in [0, 0.1) is 0 Å². The first-order valence-corrected chi connectivity index (χ1v) is 6.73. The lowest BCUT2D eigenvalue weighted by Crippen LogP contribution is -2.34. The lowest BCUT2D eigenvalue weighted by atomic mass is 10.1. The maximum absolute atomic E-state index is 11.7. The molecule has 1 aromatic carbocycles. The molecular formula is C15H21NO3. The second-order valence-corrected chi connectivity index (χ2v) is 4.95. The minimum atomic E-state index is -0.148. The van der Waals surface area contributed by atoms with Gasteiger partial charge in [-0.05, 0) is 27.0 Å². The van der Waals surface area contributed by atoms with E-state index in [1.807, 2.05) is 50.1 Å². The van der Waals surface area contributed by atoms with Crippen molar-refractivity contribution in [1.82, 2.24) is 4.90 Å². The minimum Gasteiger partial charge on any atom is -0.494 e. The normalized spacial score (nSPS) is 22.6. The number of cyclic esters (lactones) is 1. The zero-order valence-electron chi connectivity index (χ0n) is 11.8. The Morgan fingerprint density at radius 1 is 1.42 bits per heavy atom. The predicted octanol–water partition coefficient (Wildman–Crippen LogP) is 2.22. The number of hydrogen-bond acceptors (Lipinski definition) is 4. The molecule has 104 valence electrons. The summed E-state index contributed by atoms with van der Waals surface area (Å²) in [5.41, 5.74) is 1.10.